The van der Waals surface area contributed by atoms with Crippen molar-refractivity contribution in [3.63, 3.8) is 0 Å². The minimum atomic E-state index is 0.600. The number of aromatic nitrogens is 5. The molecule has 0 spiro atoms. The molecule has 0 N–H and O–H groups in total. The van der Waals surface area contributed by atoms with Crippen LogP contribution in [0.15, 0.2) is 104 Å². The lowest BCUT2D eigenvalue weighted by atomic mass is 10.1. The summed E-state index contributed by atoms with van der Waals surface area (Å²) in [6.07, 6.45) is 7.12. The van der Waals surface area contributed by atoms with E-state index < -0.39 is 0 Å². The van der Waals surface area contributed by atoms with Crippen molar-refractivity contribution in [2.24, 2.45) is 0 Å². The monoisotopic (exact) mass is 387 g/mol. The molecular formula is C25H17N5. The lowest BCUT2D eigenvalue weighted by Crippen LogP contribution is -2.00. The summed E-state index contributed by atoms with van der Waals surface area (Å²) in [5.74, 6) is 1.86. The quantitative estimate of drug-likeness (QED) is 0.417. The molecule has 142 valence electrons. The highest BCUT2D eigenvalue weighted by molar-refractivity contribution is 5.69. The van der Waals surface area contributed by atoms with Crippen molar-refractivity contribution in [3.8, 4) is 45.3 Å². The van der Waals surface area contributed by atoms with Crippen LogP contribution in [0.2, 0.25) is 0 Å². The summed E-state index contributed by atoms with van der Waals surface area (Å²) in [6, 6.07) is 25.9. The van der Waals surface area contributed by atoms with Gasteiger partial charge >= 0.3 is 0 Å². The van der Waals surface area contributed by atoms with Crippen LogP contribution in [0.4, 0.5) is 0 Å². The van der Waals surface area contributed by atoms with Gasteiger partial charge in [0.05, 0.1) is 0 Å². The SMILES string of the molecule is c1ccc(-c2nc(-c3ccc(-c4cccnc4)cc3)nc(-c3cccnc3)n2)cc1. The summed E-state index contributed by atoms with van der Waals surface area (Å²) < 4.78 is 0. The van der Waals surface area contributed by atoms with Crippen LogP contribution in [0.1, 0.15) is 0 Å². The molecule has 0 radical (unpaired) electrons. The number of hydrogen-bond acceptors (Lipinski definition) is 5. The van der Waals surface area contributed by atoms with Gasteiger partial charge in [-0.05, 0) is 29.3 Å². The standard InChI is InChI=1S/C25H17N5/c1-2-6-19(7-3-1)23-28-24(30-25(29-23)22-9-5-15-27-17-22)20-12-10-18(11-13-20)21-8-4-14-26-16-21/h1-17H. The first kappa shape index (κ1) is 17.8. The van der Waals surface area contributed by atoms with Crippen LogP contribution in [0.25, 0.3) is 45.3 Å². The molecule has 0 aliphatic heterocycles. The Kier molecular flexibility index (Phi) is 4.76. The largest absolute Gasteiger partial charge is 0.264 e. The maximum atomic E-state index is 4.75. The topological polar surface area (TPSA) is 64.5 Å². The van der Waals surface area contributed by atoms with E-state index in [9.17, 15) is 0 Å². The number of hydrogen-bond donors (Lipinski definition) is 0. The highest BCUT2D eigenvalue weighted by Gasteiger charge is 2.12. The van der Waals surface area contributed by atoms with E-state index in [4.69, 9.17) is 15.0 Å². The van der Waals surface area contributed by atoms with Crippen LogP contribution >= 0.6 is 0 Å². The molecule has 3 aromatic heterocycles. The second-order valence-corrected chi connectivity index (χ2v) is 6.73. The first-order valence-electron chi connectivity index (χ1n) is 9.59. The van der Waals surface area contributed by atoms with E-state index in [1.165, 1.54) is 0 Å². The Labute approximate surface area is 174 Å². The normalized spacial score (nSPS) is 10.7. The summed E-state index contributed by atoms with van der Waals surface area (Å²) >= 11 is 0. The van der Waals surface area contributed by atoms with Crippen molar-refractivity contribution in [2.45, 2.75) is 0 Å². The summed E-state index contributed by atoms with van der Waals surface area (Å²) in [7, 11) is 0. The molecule has 3 heterocycles. The Hall–Kier alpha value is -4.25. The minimum Gasteiger partial charge on any atom is -0.264 e. The van der Waals surface area contributed by atoms with Gasteiger partial charge in [0.25, 0.3) is 0 Å². The van der Waals surface area contributed by atoms with Gasteiger partial charge in [0.1, 0.15) is 0 Å². The van der Waals surface area contributed by atoms with Gasteiger partial charge in [-0.3, -0.25) is 9.97 Å². The zero-order valence-electron chi connectivity index (χ0n) is 16.1. The van der Waals surface area contributed by atoms with Crippen molar-refractivity contribution < 1.29 is 0 Å². The average Bonchev–Trinajstić information content (AvgIpc) is 2.85. The van der Waals surface area contributed by atoms with Gasteiger partial charge < -0.3 is 0 Å². The molecule has 30 heavy (non-hydrogen) atoms. The van der Waals surface area contributed by atoms with E-state index in [1.54, 1.807) is 18.6 Å². The van der Waals surface area contributed by atoms with Crippen LogP contribution in [0.3, 0.4) is 0 Å². The first-order chi connectivity index (χ1) is 14.9. The Morgan fingerprint density at radius 2 is 0.833 bits per heavy atom. The number of nitrogens with zero attached hydrogens (tertiary/aromatic N) is 5. The lowest BCUT2D eigenvalue weighted by molar-refractivity contribution is 1.07. The fourth-order valence-electron chi connectivity index (χ4n) is 3.19. The minimum absolute atomic E-state index is 0.600. The van der Waals surface area contributed by atoms with Gasteiger partial charge in [-0.15, -0.1) is 0 Å². The molecule has 0 saturated heterocycles. The molecule has 0 amide bonds. The van der Waals surface area contributed by atoms with Gasteiger partial charge in [-0.25, -0.2) is 15.0 Å². The fraction of sp³-hybridized carbons (Fsp3) is 0. The van der Waals surface area contributed by atoms with E-state index >= 15 is 0 Å². The molecule has 0 bridgehead atoms. The Balaban J connectivity index is 1.60. The predicted molar refractivity (Wildman–Crippen MR) is 117 cm³/mol. The van der Waals surface area contributed by atoms with Crippen molar-refractivity contribution in [1.29, 1.82) is 0 Å². The summed E-state index contributed by atoms with van der Waals surface area (Å²) in [6.45, 7) is 0. The second-order valence-electron chi connectivity index (χ2n) is 6.73. The molecule has 0 fully saturated rings. The van der Waals surface area contributed by atoms with E-state index in [-0.39, 0.29) is 0 Å². The van der Waals surface area contributed by atoms with E-state index in [2.05, 4.69) is 22.1 Å². The van der Waals surface area contributed by atoms with Gasteiger partial charge in [0.15, 0.2) is 17.5 Å². The number of benzene rings is 2. The number of rotatable bonds is 4. The van der Waals surface area contributed by atoms with E-state index in [0.29, 0.717) is 17.5 Å². The third-order valence-corrected chi connectivity index (χ3v) is 4.73. The molecule has 0 atom stereocenters. The molecule has 5 heteroatoms. The Morgan fingerprint density at radius 3 is 1.40 bits per heavy atom. The molecule has 0 saturated carbocycles. The van der Waals surface area contributed by atoms with Crippen LogP contribution in [0, 0.1) is 0 Å². The number of pyridine rings is 2. The van der Waals surface area contributed by atoms with Crippen molar-refractivity contribution in [3.05, 3.63) is 104 Å². The van der Waals surface area contributed by atoms with Crippen molar-refractivity contribution in [1.82, 2.24) is 24.9 Å². The predicted octanol–water partition coefficient (Wildman–Crippen LogP) is 5.33. The maximum absolute atomic E-state index is 4.75. The zero-order valence-corrected chi connectivity index (χ0v) is 16.1. The highest BCUT2D eigenvalue weighted by atomic mass is 15.0. The van der Waals surface area contributed by atoms with Gasteiger partial charge in [0, 0.05) is 41.5 Å². The van der Waals surface area contributed by atoms with Gasteiger partial charge in [-0.2, -0.15) is 0 Å². The van der Waals surface area contributed by atoms with Crippen LogP contribution < -0.4 is 0 Å². The molecule has 0 aliphatic carbocycles. The molecular weight excluding hydrogens is 370 g/mol. The summed E-state index contributed by atoms with van der Waals surface area (Å²) in [4.78, 5) is 22.6. The zero-order chi connectivity index (χ0) is 20.2. The van der Waals surface area contributed by atoms with Gasteiger partial charge in [0.2, 0.25) is 0 Å². The molecule has 0 unspecified atom stereocenters. The fourth-order valence-corrected chi connectivity index (χ4v) is 3.19. The average molecular weight is 387 g/mol. The van der Waals surface area contributed by atoms with Crippen molar-refractivity contribution >= 4 is 0 Å². The van der Waals surface area contributed by atoms with Crippen molar-refractivity contribution in [2.75, 3.05) is 0 Å². The molecule has 5 nitrogen and oxygen atoms in total. The lowest BCUT2D eigenvalue weighted by Gasteiger charge is -2.08. The summed E-state index contributed by atoms with van der Waals surface area (Å²) in [5.41, 5.74) is 4.88. The third-order valence-electron chi connectivity index (χ3n) is 4.73. The maximum Gasteiger partial charge on any atom is 0.165 e. The molecule has 2 aromatic carbocycles. The first-order valence-corrected chi connectivity index (χ1v) is 9.59. The molecule has 0 aliphatic rings. The smallest absolute Gasteiger partial charge is 0.165 e. The van der Waals surface area contributed by atoms with E-state index in [1.807, 2.05) is 72.9 Å². The Bertz CT molecular complexity index is 1200. The Morgan fingerprint density at radius 1 is 0.367 bits per heavy atom. The second kappa shape index (κ2) is 8.01. The highest BCUT2D eigenvalue weighted by Crippen LogP contribution is 2.26. The van der Waals surface area contributed by atoms with Crippen LogP contribution in [-0.4, -0.2) is 24.9 Å². The summed E-state index contributed by atoms with van der Waals surface area (Å²) in [5, 5.41) is 0. The van der Waals surface area contributed by atoms with Crippen LogP contribution in [-0.2, 0) is 0 Å². The van der Waals surface area contributed by atoms with E-state index in [0.717, 1.165) is 27.8 Å². The molecule has 5 rings (SSSR count). The third kappa shape index (κ3) is 3.69. The molecule has 5 aromatic rings. The van der Waals surface area contributed by atoms with Crippen LogP contribution in [0.5, 0.6) is 0 Å². The van der Waals surface area contributed by atoms with Gasteiger partial charge in [-0.1, -0.05) is 60.7 Å².